The van der Waals surface area contributed by atoms with Gasteiger partial charge in [-0.15, -0.1) is 0 Å². The standard InChI is InChI=1S/C22H20N6O5/c29-19(21(31)27-15-6-2-1-3-7-15)25-13-17-9-10-18(33-17)14-26-28-22(32)20(30)24-12-16-8-4-5-11-23-16/h1-11,14H,12-13H2,(H,24,30)(H,25,29)(H,27,31)(H,28,32)/b26-14+. The van der Waals surface area contributed by atoms with Gasteiger partial charge in [-0.2, -0.15) is 5.10 Å². The Morgan fingerprint density at radius 2 is 1.55 bits per heavy atom. The van der Waals surface area contributed by atoms with Gasteiger partial charge in [-0.25, -0.2) is 5.43 Å². The van der Waals surface area contributed by atoms with Crippen LogP contribution in [-0.4, -0.2) is 34.8 Å². The summed E-state index contributed by atoms with van der Waals surface area (Å²) < 4.78 is 5.42. The number of para-hydroxylation sites is 1. The van der Waals surface area contributed by atoms with Gasteiger partial charge in [0.1, 0.15) is 11.5 Å². The molecule has 4 N–H and O–H groups in total. The Balaban J connectivity index is 1.39. The third-order valence-electron chi connectivity index (χ3n) is 4.06. The molecule has 33 heavy (non-hydrogen) atoms. The van der Waals surface area contributed by atoms with Gasteiger partial charge < -0.3 is 20.4 Å². The van der Waals surface area contributed by atoms with Gasteiger partial charge in [0.25, 0.3) is 0 Å². The van der Waals surface area contributed by atoms with Crippen LogP contribution in [0.4, 0.5) is 5.69 Å². The maximum Gasteiger partial charge on any atom is 0.329 e. The zero-order valence-electron chi connectivity index (χ0n) is 17.3. The molecule has 11 nitrogen and oxygen atoms in total. The minimum Gasteiger partial charge on any atom is -0.458 e. The van der Waals surface area contributed by atoms with Crippen molar-refractivity contribution in [2.24, 2.45) is 5.10 Å². The van der Waals surface area contributed by atoms with Crippen molar-refractivity contribution in [3.8, 4) is 0 Å². The Morgan fingerprint density at radius 1 is 0.818 bits per heavy atom. The van der Waals surface area contributed by atoms with Crippen molar-refractivity contribution in [1.29, 1.82) is 0 Å². The summed E-state index contributed by atoms with van der Waals surface area (Å²) in [4.78, 5) is 51.3. The minimum absolute atomic E-state index is 0.0306. The molecule has 0 aliphatic carbocycles. The van der Waals surface area contributed by atoms with Crippen LogP contribution in [0.15, 0.2) is 76.4 Å². The van der Waals surface area contributed by atoms with Crippen LogP contribution in [0.2, 0.25) is 0 Å². The lowest BCUT2D eigenvalue weighted by atomic mass is 10.3. The fraction of sp³-hybridized carbons (Fsp3) is 0.0909. The summed E-state index contributed by atoms with van der Waals surface area (Å²) in [6.45, 7) is 0.0740. The van der Waals surface area contributed by atoms with Crippen LogP contribution in [0.3, 0.4) is 0 Å². The second kappa shape index (κ2) is 11.6. The number of rotatable bonds is 7. The van der Waals surface area contributed by atoms with Crippen LogP contribution in [0.1, 0.15) is 17.2 Å². The Morgan fingerprint density at radius 3 is 2.30 bits per heavy atom. The van der Waals surface area contributed by atoms with Crippen LogP contribution in [-0.2, 0) is 32.3 Å². The van der Waals surface area contributed by atoms with E-state index in [4.69, 9.17) is 4.42 Å². The van der Waals surface area contributed by atoms with E-state index in [-0.39, 0.29) is 18.8 Å². The molecule has 0 saturated carbocycles. The zero-order chi connectivity index (χ0) is 23.5. The van der Waals surface area contributed by atoms with E-state index in [1.807, 2.05) is 0 Å². The number of carbonyl (C=O) groups is 4. The number of hydrogen-bond acceptors (Lipinski definition) is 7. The summed E-state index contributed by atoms with van der Waals surface area (Å²) in [7, 11) is 0. The first-order valence-electron chi connectivity index (χ1n) is 9.75. The number of pyridine rings is 1. The second-order valence-electron chi connectivity index (χ2n) is 6.51. The molecule has 0 spiro atoms. The first-order chi connectivity index (χ1) is 16.0. The van der Waals surface area contributed by atoms with Crippen molar-refractivity contribution < 1.29 is 23.6 Å². The molecule has 2 aromatic heterocycles. The van der Waals surface area contributed by atoms with Crippen molar-refractivity contribution in [2.45, 2.75) is 13.1 Å². The quantitative estimate of drug-likeness (QED) is 0.237. The van der Waals surface area contributed by atoms with E-state index in [9.17, 15) is 19.2 Å². The van der Waals surface area contributed by atoms with Gasteiger partial charge in [-0.1, -0.05) is 24.3 Å². The molecular formula is C22H20N6O5. The molecule has 2 heterocycles. The fourth-order valence-electron chi connectivity index (χ4n) is 2.48. The lowest BCUT2D eigenvalue weighted by molar-refractivity contribution is -0.139. The van der Waals surface area contributed by atoms with Crippen molar-refractivity contribution in [1.82, 2.24) is 21.0 Å². The van der Waals surface area contributed by atoms with Crippen LogP contribution in [0.25, 0.3) is 0 Å². The van der Waals surface area contributed by atoms with Crippen LogP contribution in [0, 0.1) is 0 Å². The molecule has 0 fully saturated rings. The molecule has 0 unspecified atom stereocenters. The van der Waals surface area contributed by atoms with Gasteiger partial charge in [-0.3, -0.25) is 24.2 Å². The average molecular weight is 448 g/mol. The van der Waals surface area contributed by atoms with E-state index in [2.05, 4.69) is 31.5 Å². The number of carbonyl (C=O) groups excluding carboxylic acids is 4. The van der Waals surface area contributed by atoms with E-state index in [1.54, 1.807) is 66.9 Å². The minimum atomic E-state index is -0.953. The fourth-order valence-corrected chi connectivity index (χ4v) is 2.48. The molecular weight excluding hydrogens is 428 g/mol. The highest BCUT2D eigenvalue weighted by Gasteiger charge is 2.14. The number of anilines is 1. The Hall–Kier alpha value is -4.80. The Kier molecular flexibility index (Phi) is 8.01. The zero-order valence-corrected chi connectivity index (χ0v) is 17.3. The molecule has 0 aliphatic rings. The van der Waals surface area contributed by atoms with Crippen LogP contribution >= 0.6 is 0 Å². The number of nitrogens with one attached hydrogen (secondary N) is 4. The van der Waals surface area contributed by atoms with Crippen LogP contribution in [0.5, 0.6) is 0 Å². The summed E-state index contributed by atoms with van der Waals surface area (Å²) in [6.07, 6.45) is 2.77. The highest BCUT2D eigenvalue weighted by atomic mass is 16.3. The van der Waals surface area contributed by atoms with E-state index in [0.29, 0.717) is 17.1 Å². The molecule has 1 aromatic carbocycles. The number of furan rings is 1. The summed E-state index contributed by atoms with van der Waals surface area (Å²) in [5, 5.41) is 11.0. The number of aromatic nitrogens is 1. The summed E-state index contributed by atoms with van der Waals surface area (Å²) in [6, 6.07) is 16.9. The predicted molar refractivity (Wildman–Crippen MR) is 117 cm³/mol. The van der Waals surface area contributed by atoms with Gasteiger partial charge in [0.2, 0.25) is 0 Å². The molecule has 0 bridgehead atoms. The topological polar surface area (TPSA) is 155 Å². The number of hydrazone groups is 1. The van der Waals surface area contributed by atoms with Gasteiger partial charge in [0, 0.05) is 11.9 Å². The molecule has 3 aromatic rings. The number of benzene rings is 1. The first-order valence-corrected chi connectivity index (χ1v) is 9.75. The largest absolute Gasteiger partial charge is 0.458 e. The van der Waals surface area contributed by atoms with Crippen LogP contribution < -0.4 is 21.4 Å². The highest BCUT2D eigenvalue weighted by molar-refractivity contribution is 6.39. The van der Waals surface area contributed by atoms with Crippen molar-refractivity contribution in [3.63, 3.8) is 0 Å². The maximum absolute atomic E-state index is 11.9. The molecule has 0 radical (unpaired) electrons. The first kappa shape index (κ1) is 22.9. The third kappa shape index (κ3) is 7.43. The van der Waals surface area contributed by atoms with Crippen molar-refractivity contribution >= 4 is 35.5 Å². The molecule has 0 atom stereocenters. The van der Waals surface area contributed by atoms with E-state index in [1.165, 1.54) is 6.21 Å². The van der Waals surface area contributed by atoms with Gasteiger partial charge >= 0.3 is 23.6 Å². The lowest BCUT2D eigenvalue weighted by Gasteiger charge is -2.05. The van der Waals surface area contributed by atoms with Crippen molar-refractivity contribution in [3.05, 3.63) is 84.1 Å². The third-order valence-corrected chi connectivity index (χ3v) is 4.06. The van der Waals surface area contributed by atoms with E-state index in [0.717, 1.165) is 0 Å². The van der Waals surface area contributed by atoms with Gasteiger partial charge in [0.15, 0.2) is 0 Å². The second-order valence-corrected chi connectivity index (χ2v) is 6.51. The highest BCUT2D eigenvalue weighted by Crippen LogP contribution is 2.06. The molecule has 3 rings (SSSR count). The molecule has 11 heteroatoms. The predicted octanol–water partition coefficient (Wildman–Crippen LogP) is 0.696. The molecule has 0 saturated heterocycles. The molecule has 168 valence electrons. The lowest BCUT2D eigenvalue weighted by Crippen LogP contribution is -2.37. The Bertz CT molecular complexity index is 1140. The van der Waals surface area contributed by atoms with Crippen molar-refractivity contribution in [2.75, 3.05) is 5.32 Å². The molecule has 0 aliphatic heterocycles. The SMILES string of the molecule is O=C(NCc1ccccn1)C(=O)N/N=C/c1ccc(CNC(=O)C(=O)Nc2ccccc2)o1. The number of amides is 4. The van der Waals surface area contributed by atoms with Gasteiger partial charge in [0.05, 0.1) is 25.0 Å². The smallest absolute Gasteiger partial charge is 0.329 e. The average Bonchev–Trinajstić information content (AvgIpc) is 3.29. The summed E-state index contributed by atoms with van der Waals surface area (Å²) in [5.41, 5.74) is 3.19. The number of hydrogen-bond donors (Lipinski definition) is 4. The number of nitrogens with zero attached hydrogens (tertiary/aromatic N) is 2. The van der Waals surface area contributed by atoms with Gasteiger partial charge in [-0.05, 0) is 36.4 Å². The molecule has 4 amide bonds. The Labute approximate surface area is 188 Å². The summed E-state index contributed by atoms with van der Waals surface area (Å²) in [5.74, 6) is -2.83. The maximum atomic E-state index is 11.9. The monoisotopic (exact) mass is 448 g/mol. The van der Waals surface area contributed by atoms with E-state index < -0.39 is 23.6 Å². The van der Waals surface area contributed by atoms with E-state index >= 15 is 0 Å². The summed E-state index contributed by atoms with van der Waals surface area (Å²) >= 11 is 0. The normalized spacial score (nSPS) is 10.4.